The molecule has 4 nitrogen and oxygen atoms in total. The fourth-order valence-corrected chi connectivity index (χ4v) is 3.31. The molecule has 0 unspecified atom stereocenters. The van der Waals surface area contributed by atoms with Gasteiger partial charge in [0.15, 0.2) is 0 Å². The quantitative estimate of drug-likeness (QED) is 0.897. The standard InChI is InChI=1S/C18H24ClN3O/c1-3-8-22-12-14(11-21-22)17-10-15(19)9-13(2)18(17)23-16-4-6-20-7-5-16/h9-12,16,20H,3-8H2,1-2H3. The largest absolute Gasteiger partial charge is 0.489 e. The van der Waals surface area contributed by atoms with Crippen LogP contribution in [0.5, 0.6) is 5.75 Å². The highest BCUT2D eigenvalue weighted by Crippen LogP contribution is 2.37. The Kier molecular flexibility index (Phi) is 5.23. The summed E-state index contributed by atoms with van der Waals surface area (Å²) in [5.41, 5.74) is 3.18. The van der Waals surface area contributed by atoms with Gasteiger partial charge in [-0.3, -0.25) is 4.68 Å². The number of benzene rings is 1. The number of nitrogens with one attached hydrogen (secondary N) is 1. The molecule has 1 aliphatic heterocycles. The van der Waals surface area contributed by atoms with E-state index in [1.165, 1.54) is 0 Å². The summed E-state index contributed by atoms with van der Waals surface area (Å²) >= 11 is 6.29. The number of hydrogen-bond acceptors (Lipinski definition) is 3. The van der Waals surface area contributed by atoms with Crippen molar-refractivity contribution in [1.29, 1.82) is 0 Å². The van der Waals surface area contributed by atoms with E-state index >= 15 is 0 Å². The number of aryl methyl sites for hydroxylation is 2. The number of ether oxygens (including phenoxy) is 1. The van der Waals surface area contributed by atoms with Crippen molar-refractivity contribution in [2.75, 3.05) is 13.1 Å². The van der Waals surface area contributed by atoms with E-state index in [1.807, 2.05) is 23.0 Å². The summed E-state index contributed by atoms with van der Waals surface area (Å²) in [6, 6.07) is 3.95. The summed E-state index contributed by atoms with van der Waals surface area (Å²) < 4.78 is 8.33. The van der Waals surface area contributed by atoms with E-state index in [9.17, 15) is 0 Å². The second kappa shape index (κ2) is 7.37. The molecule has 1 fully saturated rings. The van der Waals surface area contributed by atoms with Crippen LogP contribution in [-0.4, -0.2) is 29.0 Å². The lowest BCUT2D eigenvalue weighted by Gasteiger charge is -2.26. The molecule has 0 amide bonds. The number of halogens is 1. The first-order valence-electron chi connectivity index (χ1n) is 8.37. The van der Waals surface area contributed by atoms with Crippen molar-refractivity contribution in [2.45, 2.75) is 45.8 Å². The fourth-order valence-electron chi connectivity index (χ4n) is 3.03. The van der Waals surface area contributed by atoms with E-state index in [4.69, 9.17) is 16.3 Å². The van der Waals surface area contributed by atoms with E-state index in [0.717, 1.165) is 66.4 Å². The average molecular weight is 334 g/mol. The minimum atomic E-state index is 0.264. The Labute approximate surface area is 142 Å². The molecule has 23 heavy (non-hydrogen) atoms. The third kappa shape index (κ3) is 3.88. The highest BCUT2D eigenvalue weighted by atomic mass is 35.5. The topological polar surface area (TPSA) is 39.1 Å². The van der Waals surface area contributed by atoms with Gasteiger partial charge in [0, 0.05) is 28.9 Å². The lowest BCUT2D eigenvalue weighted by atomic mass is 10.0. The molecule has 2 heterocycles. The van der Waals surface area contributed by atoms with Crippen LogP contribution in [-0.2, 0) is 6.54 Å². The van der Waals surface area contributed by atoms with Crippen LogP contribution in [0.4, 0.5) is 0 Å². The van der Waals surface area contributed by atoms with Crippen molar-refractivity contribution < 1.29 is 4.74 Å². The second-order valence-corrected chi connectivity index (χ2v) is 6.60. The van der Waals surface area contributed by atoms with E-state index < -0.39 is 0 Å². The van der Waals surface area contributed by atoms with Gasteiger partial charge in [-0.2, -0.15) is 5.10 Å². The molecule has 2 aromatic rings. The van der Waals surface area contributed by atoms with Gasteiger partial charge in [0.1, 0.15) is 11.9 Å². The molecule has 0 aliphatic carbocycles. The van der Waals surface area contributed by atoms with Crippen LogP contribution in [0.25, 0.3) is 11.1 Å². The maximum absolute atomic E-state index is 6.36. The van der Waals surface area contributed by atoms with Gasteiger partial charge in [-0.05, 0) is 57.0 Å². The maximum Gasteiger partial charge on any atom is 0.130 e. The number of hydrogen-bond donors (Lipinski definition) is 1. The maximum atomic E-state index is 6.36. The molecule has 0 radical (unpaired) electrons. The molecule has 5 heteroatoms. The first-order valence-corrected chi connectivity index (χ1v) is 8.75. The number of piperidine rings is 1. The first kappa shape index (κ1) is 16.3. The number of rotatable bonds is 5. The van der Waals surface area contributed by atoms with Crippen LogP contribution < -0.4 is 10.1 Å². The van der Waals surface area contributed by atoms with Crippen molar-refractivity contribution in [1.82, 2.24) is 15.1 Å². The van der Waals surface area contributed by atoms with Gasteiger partial charge < -0.3 is 10.1 Å². The number of aromatic nitrogens is 2. The Bertz CT molecular complexity index is 662. The Hall–Kier alpha value is -1.52. The van der Waals surface area contributed by atoms with Crippen molar-refractivity contribution in [2.24, 2.45) is 0 Å². The molecule has 1 aromatic heterocycles. The minimum absolute atomic E-state index is 0.264. The summed E-state index contributed by atoms with van der Waals surface area (Å²) in [6.45, 7) is 7.16. The van der Waals surface area contributed by atoms with Crippen LogP contribution in [0.2, 0.25) is 5.02 Å². The fraction of sp³-hybridized carbons (Fsp3) is 0.500. The van der Waals surface area contributed by atoms with Gasteiger partial charge in [-0.25, -0.2) is 0 Å². The monoisotopic (exact) mass is 333 g/mol. The Morgan fingerprint density at radius 2 is 2.13 bits per heavy atom. The Balaban J connectivity index is 1.93. The molecular weight excluding hydrogens is 310 g/mol. The minimum Gasteiger partial charge on any atom is -0.489 e. The molecule has 1 N–H and O–H groups in total. The van der Waals surface area contributed by atoms with Crippen LogP contribution in [0.3, 0.4) is 0 Å². The Morgan fingerprint density at radius 1 is 1.35 bits per heavy atom. The van der Waals surface area contributed by atoms with Gasteiger partial charge >= 0.3 is 0 Å². The third-order valence-electron chi connectivity index (χ3n) is 4.21. The number of nitrogens with zero attached hydrogens (tertiary/aromatic N) is 2. The van der Waals surface area contributed by atoms with Gasteiger partial charge in [0.2, 0.25) is 0 Å². The normalized spacial score (nSPS) is 15.8. The third-order valence-corrected chi connectivity index (χ3v) is 4.43. The first-order chi connectivity index (χ1) is 11.2. The molecule has 1 aliphatic rings. The molecule has 3 rings (SSSR count). The summed E-state index contributed by atoms with van der Waals surface area (Å²) in [5, 5.41) is 8.55. The highest BCUT2D eigenvalue weighted by molar-refractivity contribution is 6.31. The van der Waals surface area contributed by atoms with E-state index in [-0.39, 0.29) is 6.10 Å². The molecule has 1 saturated heterocycles. The van der Waals surface area contributed by atoms with Crippen LogP contribution in [0, 0.1) is 6.92 Å². The second-order valence-electron chi connectivity index (χ2n) is 6.16. The predicted octanol–water partition coefficient (Wildman–Crippen LogP) is 4.05. The summed E-state index contributed by atoms with van der Waals surface area (Å²) in [7, 11) is 0. The average Bonchev–Trinajstić information content (AvgIpc) is 3.00. The van der Waals surface area contributed by atoms with Gasteiger partial charge in [-0.1, -0.05) is 18.5 Å². The van der Waals surface area contributed by atoms with Gasteiger partial charge in [0.25, 0.3) is 0 Å². The van der Waals surface area contributed by atoms with E-state index in [1.54, 1.807) is 0 Å². The zero-order valence-electron chi connectivity index (χ0n) is 13.8. The van der Waals surface area contributed by atoms with Crippen molar-refractivity contribution in [3.05, 3.63) is 35.1 Å². The molecule has 0 saturated carbocycles. The predicted molar refractivity (Wildman–Crippen MR) is 94.2 cm³/mol. The molecule has 0 spiro atoms. The summed E-state index contributed by atoms with van der Waals surface area (Å²) in [5.74, 6) is 0.942. The molecule has 1 aromatic carbocycles. The Morgan fingerprint density at radius 3 is 2.87 bits per heavy atom. The van der Waals surface area contributed by atoms with Crippen LogP contribution >= 0.6 is 11.6 Å². The zero-order valence-corrected chi connectivity index (χ0v) is 14.6. The smallest absolute Gasteiger partial charge is 0.130 e. The molecule has 0 atom stereocenters. The van der Waals surface area contributed by atoms with Crippen molar-refractivity contribution in [3.63, 3.8) is 0 Å². The van der Waals surface area contributed by atoms with Crippen LogP contribution in [0.15, 0.2) is 24.5 Å². The van der Waals surface area contributed by atoms with E-state index in [2.05, 4.69) is 30.5 Å². The lowest BCUT2D eigenvalue weighted by molar-refractivity contribution is 0.162. The molecular formula is C18H24ClN3O. The summed E-state index contributed by atoms with van der Waals surface area (Å²) in [6.07, 6.45) is 7.38. The highest BCUT2D eigenvalue weighted by Gasteiger charge is 2.19. The summed E-state index contributed by atoms with van der Waals surface area (Å²) in [4.78, 5) is 0. The van der Waals surface area contributed by atoms with Gasteiger partial charge in [0.05, 0.1) is 6.20 Å². The lowest BCUT2D eigenvalue weighted by Crippen LogP contribution is -2.34. The molecule has 124 valence electrons. The van der Waals surface area contributed by atoms with Crippen LogP contribution in [0.1, 0.15) is 31.7 Å². The van der Waals surface area contributed by atoms with Gasteiger partial charge in [-0.15, -0.1) is 0 Å². The zero-order chi connectivity index (χ0) is 16.2. The van der Waals surface area contributed by atoms with E-state index in [0.29, 0.717) is 0 Å². The van der Waals surface area contributed by atoms with Crippen molar-refractivity contribution in [3.8, 4) is 16.9 Å². The molecule has 0 bridgehead atoms. The SMILES string of the molecule is CCCn1cc(-c2cc(Cl)cc(C)c2OC2CCNCC2)cn1. The van der Waals surface area contributed by atoms with Crippen molar-refractivity contribution >= 4 is 11.6 Å².